The monoisotopic (exact) mass is 298 g/mol. The molecule has 0 aliphatic carbocycles. The van der Waals surface area contributed by atoms with Gasteiger partial charge in [-0.15, -0.1) is 11.3 Å². The molecular weight excluding hydrogens is 288 g/mol. The van der Waals surface area contributed by atoms with Gasteiger partial charge in [-0.2, -0.15) is 0 Å². The Balaban J connectivity index is 2.66. The fraction of sp³-hybridized carbons (Fsp3) is 0.273. The average Bonchev–Trinajstić information content (AvgIpc) is 2.81. The summed E-state index contributed by atoms with van der Waals surface area (Å²) in [6.45, 7) is 4.01. The van der Waals surface area contributed by atoms with Crippen molar-refractivity contribution in [1.82, 2.24) is 9.55 Å². The topological polar surface area (TPSA) is 34.9 Å². The minimum Gasteiger partial charge on any atom is -0.296 e. The lowest BCUT2D eigenvalue weighted by Gasteiger charge is -2.05. The molecule has 84 valence electrons. The fourth-order valence-electron chi connectivity index (χ4n) is 1.62. The molecule has 0 atom stereocenters. The number of nitrogens with zero attached hydrogens (tertiary/aromatic N) is 2. The fourth-order valence-corrected chi connectivity index (χ4v) is 3.16. The molecular formula is C11H11BrN2OS. The Morgan fingerprint density at radius 3 is 2.88 bits per heavy atom. The van der Waals surface area contributed by atoms with Gasteiger partial charge in [0.15, 0.2) is 11.4 Å². The summed E-state index contributed by atoms with van der Waals surface area (Å²) >= 11 is 5.02. The van der Waals surface area contributed by atoms with E-state index < -0.39 is 0 Å². The van der Waals surface area contributed by atoms with Crippen LogP contribution in [0.25, 0.3) is 5.13 Å². The van der Waals surface area contributed by atoms with E-state index in [9.17, 15) is 4.79 Å². The average molecular weight is 299 g/mol. The number of aromatic nitrogens is 2. The molecule has 0 radical (unpaired) electrons. The first kappa shape index (κ1) is 11.5. The zero-order valence-corrected chi connectivity index (χ0v) is 11.4. The molecule has 2 aromatic heterocycles. The van der Waals surface area contributed by atoms with Crippen molar-refractivity contribution in [3.8, 4) is 5.13 Å². The highest BCUT2D eigenvalue weighted by Crippen LogP contribution is 2.27. The van der Waals surface area contributed by atoms with E-state index in [2.05, 4.69) is 27.8 Å². The predicted molar refractivity (Wildman–Crippen MR) is 68.6 cm³/mol. The molecule has 2 aromatic rings. The van der Waals surface area contributed by atoms with Gasteiger partial charge in [0.2, 0.25) is 0 Å². The molecule has 0 amide bonds. The zero-order chi connectivity index (χ0) is 11.7. The van der Waals surface area contributed by atoms with Crippen molar-refractivity contribution in [3.63, 3.8) is 0 Å². The van der Waals surface area contributed by atoms with Crippen LogP contribution in [0.5, 0.6) is 0 Å². The summed E-state index contributed by atoms with van der Waals surface area (Å²) in [6, 6.07) is 1.84. The van der Waals surface area contributed by atoms with Gasteiger partial charge in [-0.3, -0.25) is 9.36 Å². The molecule has 2 rings (SSSR count). The molecule has 0 aliphatic rings. The van der Waals surface area contributed by atoms with Crippen LogP contribution >= 0.6 is 27.3 Å². The molecule has 3 nitrogen and oxygen atoms in total. The lowest BCUT2D eigenvalue weighted by Crippen LogP contribution is -2.03. The molecule has 0 spiro atoms. The summed E-state index contributed by atoms with van der Waals surface area (Å²) in [5, 5.41) is 2.83. The number of hydrogen-bond donors (Lipinski definition) is 0. The minimum atomic E-state index is 0.637. The lowest BCUT2D eigenvalue weighted by molar-refractivity contribution is 0.111. The summed E-state index contributed by atoms with van der Waals surface area (Å²) in [4.78, 5) is 15.4. The first-order valence-corrected chi connectivity index (χ1v) is 6.62. The normalized spacial score (nSPS) is 10.7. The van der Waals surface area contributed by atoms with Crippen LogP contribution in [-0.2, 0) is 6.42 Å². The van der Waals surface area contributed by atoms with Crippen LogP contribution in [0, 0.1) is 6.92 Å². The summed E-state index contributed by atoms with van der Waals surface area (Å²) in [5.74, 6) is 0. The minimum absolute atomic E-state index is 0.637. The smallest absolute Gasteiger partial charge is 0.194 e. The number of carbonyl (C=O) groups excluding carboxylic acids is 1. The van der Waals surface area contributed by atoms with Gasteiger partial charge >= 0.3 is 0 Å². The Kier molecular flexibility index (Phi) is 3.25. The Labute approximate surface area is 106 Å². The first-order valence-electron chi connectivity index (χ1n) is 4.95. The van der Waals surface area contributed by atoms with Crippen LogP contribution in [-0.4, -0.2) is 15.8 Å². The number of hydrogen-bond acceptors (Lipinski definition) is 3. The van der Waals surface area contributed by atoms with Crippen LogP contribution in [0.15, 0.2) is 15.9 Å². The Morgan fingerprint density at radius 1 is 1.62 bits per heavy atom. The SMILES string of the molecule is CCc1c(Br)cc(C=O)n1-c1nc(C)cs1. The van der Waals surface area contributed by atoms with E-state index in [1.54, 1.807) is 11.3 Å². The summed E-state index contributed by atoms with van der Waals surface area (Å²) in [5.41, 5.74) is 2.69. The Hall–Kier alpha value is -0.940. The van der Waals surface area contributed by atoms with Gasteiger partial charge in [0.05, 0.1) is 11.4 Å². The van der Waals surface area contributed by atoms with E-state index in [1.165, 1.54) is 0 Å². The molecule has 0 saturated heterocycles. The number of carbonyl (C=O) groups is 1. The molecule has 2 heterocycles. The maximum Gasteiger partial charge on any atom is 0.194 e. The highest BCUT2D eigenvalue weighted by molar-refractivity contribution is 9.10. The van der Waals surface area contributed by atoms with Crippen molar-refractivity contribution in [1.29, 1.82) is 0 Å². The largest absolute Gasteiger partial charge is 0.296 e. The van der Waals surface area contributed by atoms with Gasteiger partial charge < -0.3 is 0 Å². The second-order valence-corrected chi connectivity index (χ2v) is 5.13. The molecule has 0 aliphatic heterocycles. The van der Waals surface area contributed by atoms with E-state index in [1.807, 2.05) is 22.9 Å². The number of aldehydes is 1. The Morgan fingerprint density at radius 2 is 2.38 bits per heavy atom. The number of rotatable bonds is 3. The van der Waals surface area contributed by atoms with Gasteiger partial charge in [0, 0.05) is 15.5 Å². The van der Waals surface area contributed by atoms with E-state index in [0.717, 1.165) is 33.7 Å². The van der Waals surface area contributed by atoms with Crippen molar-refractivity contribution >= 4 is 33.6 Å². The van der Waals surface area contributed by atoms with E-state index in [4.69, 9.17) is 0 Å². The molecule has 5 heteroatoms. The van der Waals surface area contributed by atoms with E-state index >= 15 is 0 Å². The molecule has 0 unspecified atom stereocenters. The number of halogens is 1. The van der Waals surface area contributed by atoms with E-state index in [-0.39, 0.29) is 0 Å². The summed E-state index contributed by atoms with van der Waals surface area (Å²) in [7, 11) is 0. The van der Waals surface area contributed by atoms with Crippen LogP contribution in [0.3, 0.4) is 0 Å². The third-order valence-corrected chi connectivity index (χ3v) is 3.96. The lowest BCUT2D eigenvalue weighted by atomic mass is 10.3. The summed E-state index contributed by atoms with van der Waals surface area (Å²) in [6.07, 6.45) is 1.72. The highest BCUT2D eigenvalue weighted by atomic mass is 79.9. The van der Waals surface area contributed by atoms with Crippen molar-refractivity contribution in [2.45, 2.75) is 20.3 Å². The van der Waals surface area contributed by atoms with Crippen molar-refractivity contribution in [3.05, 3.63) is 33.0 Å². The van der Waals surface area contributed by atoms with Gasteiger partial charge in [-0.05, 0) is 35.3 Å². The van der Waals surface area contributed by atoms with Crippen LogP contribution < -0.4 is 0 Å². The van der Waals surface area contributed by atoms with Crippen LogP contribution in [0.2, 0.25) is 0 Å². The molecule has 0 saturated carbocycles. The van der Waals surface area contributed by atoms with Crippen LogP contribution in [0.4, 0.5) is 0 Å². The quantitative estimate of drug-likeness (QED) is 0.814. The standard InChI is InChI=1S/C11H11BrN2OS/c1-3-10-9(12)4-8(5-15)14(10)11-13-7(2)6-16-11/h4-6H,3H2,1-2H3. The van der Waals surface area contributed by atoms with Crippen LogP contribution in [0.1, 0.15) is 28.8 Å². The first-order chi connectivity index (χ1) is 7.67. The van der Waals surface area contributed by atoms with Gasteiger partial charge in [-0.1, -0.05) is 6.92 Å². The molecule has 0 aromatic carbocycles. The van der Waals surface area contributed by atoms with Crippen molar-refractivity contribution < 1.29 is 4.79 Å². The molecule has 16 heavy (non-hydrogen) atoms. The van der Waals surface area contributed by atoms with Gasteiger partial charge in [-0.25, -0.2) is 4.98 Å². The van der Waals surface area contributed by atoms with Gasteiger partial charge in [0.25, 0.3) is 0 Å². The number of thiazole rings is 1. The van der Waals surface area contributed by atoms with Gasteiger partial charge in [0.1, 0.15) is 0 Å². The third kappa shape index (κ3) is 1.85. The second-order valence-electron chi connectivity index (χ2n) is 3.44. The van der Waals surface area contributed by atoms with Crippen molar-refractivity contribution in [2.75, 3.05) is 0 Å². The maximum atomic E-state index is 11.0. The zero-order valence-electron chi connectivity index (χ0n) is 9.03. The number of aryl methyl sites for hydroxylation is 1. The summed E-state index contributed by atoms with van der Waals surface area (Å²) < 4.78 is 2.87. The third-order valence-electron chi connectivity index (χ3n) is 2.33. The van der Waals surface area contributed by atoms with Crippen molar-refractivity contribution in [2.24, 2.45) is 0 Å². The maximum absolute atomic E-state index is 11.0. The molecule has 0 N–H and O–H groups in total. The highest BCUT2D eigenvalue weighted by Gasteiger charge is 2.15. The second kappa shape index (κ2) is 4.51. The molecule has 0 bridgehead atoms. The van der Waals surface area contributed by atoms with E-state index in [0.29, 0.717) is 5.69 Å². The molecule has 0 fully saturated rings. The predicted octanol–water partition coefficient (Wildman–Crippen LogP) is 3.38. The Bertz CT molecular complexity index is 530.